The fraction of sp³-hybridized carbons (Fsp3) is 0.833. The second kappa shape index (κ2) is 8.57. The van der Waals surface area contributed by atoms with E-state index in [-0.39, 0.29) is 29.9 Å². The van der Waals surface area contributed by atoms with E-state index in [9.17, 15) is 4.79 Å². The lowest BCUT2D eigenvalue weighted by molar-refractivity contribution is -0.132. The van der Waals surface area contributed by atoms with Gasteiger partial charge in [0.25, 0.3) is 0 Å². The molecule has 1 saturated heterocycles. The van der Waals surface area contributed by atoms with Crippen LogP contribution in [-0.2, 0) is 4.79 Å². The number of hydrogen-bond donors (Lipinski definition) is 2. The van der Waals surface area contributed by atoms with E-state index in [4.69, 9.17) is 0 Å². The molecular weight excluding hydrogens is 357 g/mol. The third kappa shape index (κ3) is 5.52. The van der Waals surface area contributed by atoms with Gasteiger partial charge in [-0.25, -0.2) is 0 Å². The number of halogens is 1. The number of nitrogens with one attached hydrogen (secondary N) is 2. The van der Waals surface area contributed by atoms with Gasteiger partial charge in [0.2, 0.25) is 5.91 Å². The fourth-order valence-electron chi connectivity index (χ4n) is 2.15. The average molecular weight is 381 g/mol. The van der Waals surface area contributed by atoms with Crippen LogP contribution >= 0.6 is 24.0 Å². The van der Waals surface area contributed by atoms with Crippen LogP contribution < -0.4 is 10.6 Å². The maximum atomic E-state index is 12.0. The molecule has 19 heavy (non-hydrogen) atoms. The summed E-state index contributed by atoms with van der Waals surface area (Å²) in [5.41, 5.74) is 0. The molecule has 0 aromatic heterocycles. The van der Waals surface area contributed by atoms with Crippen LogP contribution in [0.3, 0.4) is 0 Å². The molecule has 6 nitrogen and oxygen atoms in total. The van der Waals surface area contributed by atoms with Crippen molar-refractivity contribution in [3.05, 3.63) is 0 Å². The maximum absolute atomic E-state index is 12.0. The van der Waals surface area contributed by atoms with Gasteiger partial charge in [-0.3, -0.25) is 9.79 Å². The topological polar surface area (TPSA) is 60.0 Å². The largest absolute Gasteiger partial charge is 0.356 e. The van der Waals surface area contributed by atoms with Gasteiger partial charge in [0.15, 0.2) is 5.96 Å². The monoisotopic (exact) mass is 381 g/mol. The molecule has 1 fully saturated rings. The number of rotatable bonds is 3. The molecule has 110 valence electrons. The molecule has 0 unspecified atom stereocenters. The molecule has 0 aliphatic carbocycles. The Labute approximate surface area is 132 Å². The fourth-order valence-corrected chi connectivity index (χ4v) is 2.15. The molecular formula is C12H24IN5O. The van der Waals surface area contributed by atoms with Crippen molar-refractivity contribution in [3.8, 4) is 0 Å². The summed E-state index contributed by atoms with van der Waals surface area (Å²) in [6.45, 7) is 6.18. The second-order valence-corrected chi connectivity index (χ2v) is 4.87. The number of nitrogens with zero attached hydrogens (tertiary/aromatic N) is 3. The van der Waals surface area contributed by atoms with Crippen molar-refractivity contribution in [2.75, 3.05) is 52.9 Å². The first-order chi connectivity index (χ1) is 8.75. The van der Waals surface area contributed by atoms with E-state index in [1.54, 1.807) is 0 Å². The lowest BCUT2D eigenvalue weighted by atomic mass is 10.3. The molecule has 1 amide bonds. The predicted molar refractivity (Wildman–Crippen MR) is 87.0 cm³/mol. The van der Waals surface area contributed by atoms with Crippen molar-refractivity contribution in [3.63, 3.8) is 0 Å². The number of hydrogen-bond acceptors (Lipinski definition) is 5. The van der Waals surface area contributed by atoms with Crippen LogP contribution in [0.15, 0.2) is 4.99 Å². The van der Waals surface area contributed by atoms with Crippen molar-refractivity contribution in [2.45, 2.75) is 12.8 Å². The predicted octanol–water partition coefficient (Wildman–Crippen LogP) is -0.293. The van der Waals surface area contributed by atoms with Crippen LogP contribution in [0.1, 0.15) is 12.8 Å². The normalized spacial score (nSPS) is 20.1. The van der Waals surface area contributed by atoms with Crippen LogP contribution in [-0.4, -0.2) is 74.5 Å². The third-order valence-corrected chi connectivity index (χ3v) is 3.38. The van der Waals surface area contributed by atoms with Crippen molar-refractivity contribution in [1.82, 2.24) is 20.4 Å². The SMILES string of the molecule is CN1CCN(C(=O)CCNC2=NCCCN2)CC1.I. The Morgan fingerprint density at radius 3 is 2.74 bits per heavy atom. The summed E-state index contributed by atoms with van der Waals surface area (Å²) in [6, 6.07) is 0. The molecule has 0 radical (unpaired) electrons. The van der Waals surface area contributed by atoms with Gasteiger partial charge < -0.3 is 20.4 Å². The van der Waals surface area contributed by atoms with Crippen molar-refractivity contribution in [2.24, 2.45) is 4.99 Å². The van der Waals surface area contributed by atoms with E-state index in [2.05, 4.69) is 27.6 Å². The Bertz CT molecular complexity index is 315. The Morgan fingerprint density at radius 1 is 1.37 bits per heavy atom. The number of aliphatic imine (C=N–C) groups is 1. The lowest BCUT2D eigenvalue weighted by Crippen LogP contribution is -2.48. The first-order valence-corrected chi connectivity index (χ1v) is 6.74. The van der Waals surface area contributed by atoms with Crippen molar-refractivity contribution >= 4 is 35.8 Å². The molecule has 2 aliphatic heterocycles. The van der Waals surface area contributed by atoms with Gasteiger partial charge in [0, 0.05) is 52.2 Å². The summed E-state index contributed by atoms with van der Waals surface area (Å²) in [6.07, 6.45) is 1.63. The van der Waals surface area contributed by atoms with Crippen LogP contribution in [0, 0.1) is 0 Å². The summed E-state index contributed by atoms with van der Waals surface area (Å²) >= 11 is 0. The maximum Gasteiger partial charge on any atom is 0.224 e. The molecule has 0 aromatic rings. The van der Waals surface area contributed by atoms with Gasteiger partial charge in [-0.1, -0.05) is 0 Å². The van der Waals surface area contributed by atoms with Crippen molar-refractivity contribution in [1.29, 1.82) is 0 Å². The lowest BCUT2D eigenvalue weighted by Gasteiger charge is -2.32. The van der Waals surface area contributed by atoms with Gasteiger partial charge in [0.1, 0.15) is 0 Å². The molecule has 2 aliphatic rings. The summed E-state index contributed by atoms with van der Waals surface area (Å²) < 4.78 is 0. The second-order valence-electron chi connectivity index (χ2n) is 4.87. The minimum Gasteiger partial charge on any atom is -0.356 e. The van der Waals surface area contributed by atoms with E-state index >= 15 is 0 Å². The molecule has 0 saturated carbocycles. The zero-order valence-electron chi connectivity index (χ0n) is 11.5. The van der Waals surface area contributed by atoms with Crippen LogP contribution in [0.4, 0.5) is 0 Å². The van der Waals surface area contributed by atoms with Gasteiger partial charge in [-0.05, 0) is 13.5 Å². The van der Waals surface area contributed by atoms with Crippen molar-refractivity contribution < 1.29 is 4.79 Å². The molecule has 2 rings (SSSR count). The molecule has 0 spiro atoms. The molecule has 0 aromatic carbocycles. The minimum atomic E-state index is 0. The quantitative estimate of drug-likeness (QED) is 0.660. The summed E-state index contributed by atoms with van der Waals surface area (Å²) in [5.74, 6) is 1.08. The Balaban J connectivity index is 0.00000180. The van der Waals surface area contributed by atoms with E-state index in [0.717, 1.165) is 51.6 Å². The molecule has 2 N–H and O–H groups in total. The highest BCUT2D eigenvalue weighted by Crippen LogP contribution is 2.01. The van der Waals surface area contributed by atoms with Crippen LogP contribution in [0.2, 0.25) is 0 Å². The highest BCUT2D eigenvalue weighted by atomic mass is 127. The summed E-state index contributed by atoms with van der Waals surface area (Å²) in [5, 5.41) is 6.37. The zero-order chi connectivity index (χ0) is 12.8. The van der Waals surface area contributed by atoms with E-state index in [1.807, 2.05) is 4.90 Å². The number of amides is 1. The third-order valence-electron chi connectivity index (χ3n) is 3.38. The summed E-state index contributed by atoms with van der Waals surface area (Å²) in [7, 11) is 2.09. The van der Waals surface area contributed by atoms with Crippen LogP contribution in [0.25, 0.3) is 0 Å². The average Bonchev–Trinajstić information content (AvgIpc) is 2.40. The number of carbonyl (C=O) groups excluding carboxylic acids is 1. The Morgan fingerprint density at radius 2 is 2.11 bits per heavy atom. The highest BCUT2D eigenvalue weighted by molar-refractivity contribution is 14.0. The zero-order valence-corrected chi connectivity index (χ0v) is 13.9. The van der Waals surface area contributed by atoms with Gasteiger partial charge >= 0.3 is 0 Å². The molecule has 7 heteroatoms. The first kappa shape index (κ1) is 16.5. The minimum absolute atomic E-state index is 0. The number of likely N-dealkylation sites (N-methyl/N-ethyl adjacent to an activating group) is 1. The number of carbonyl (C=O) groups is 1. The van der Waals surface area contributed by atoms with Gasteiger partial charge in [-0.2, -0.15) is 0 Å². The highest BCUT2D eigenvalue weighted by Gasteiger charge is 2.18. The summed E-state index contributed by atoms with van der Waals surface area (Å²) in [4.78, 5) is 20.5. The molecule has 0 bridgehead atoms. The Kier molecular flexibility index (Phi) is 7.44. The standard InChI is InChI=1S/C12H23N5O.HI/c1-16-7-9-17(10-8-16)11(18)3-6-15-12-13-4-2-5-14-12;/h2-10H2,1H3,(H2,13,14,15);1H. The van der Waals surface area contributed by atoms with Gasteiger partial charge in [0.05, 0.1) is 0 Å². The van der Waals surface area contributed by atoms with Gasteiger partial charge in [-0.15, -0.1) is 24.0 Å². The van der Waals surface area contributed by atoms with Crippen LogP contribution in [0.5, 0.6) is 0 Å². The molecule has 2 heterocycles. The Hall–Kier alpha value is -0.570. The van der Waals surface area contributed by atoms with E-state index in [0.29, 0.717) is 13.0 Å². The first-order valence-electron chi connectivity index (χ1n) is 6.74. The smallest absolute Gasteiger partial charge is 0.224 e. The van der Waals surface area contributed by atoms with E-state index in [1.165, 1.54) is 0 Å². The number of piperazine rings is 1. The molecule has 0 atom stereocenters. The number of guanidine groups is 1. The van der Waals surface area contributed by atoms with E-state index < -0.39 is 0 Å².